The molecule has 110 valence electrons. The first-order chi connectivity index (χ1) is 9.29. The molecule has 1 fully saturated rings. The first kappa shape index (κ1) is 15.2. The van der Waals surface area contributed by atoms with E-state index in [1.807, 2.05) is 0 Å². The lowest BCUT2D eigenvalue weighted by molar-refractivity contribution is 0.0935. The van der Waals surface area contributed by atoms with Gasteiger partial charge in [0.25, 0.3) is 5.91 Å². The molecule has 1 amide bonds. The van der Waals surface area contributed by atoms with Crippen LogP contribution in [0.15, 0.2) is 18.2 Å². The first-order valence-corrected chi connectivity index (χ1v) is 8.21. The number of nitrogens with one attached hydrogen (secondary N) is 1. The van der Waals surface area contributed by atoms with Crippen LogP contribution in [0.3, 0.4) is 0 Å². The summed E-state index contributed by atoms with van der Waals surface area (Å²) in [6, 6.07) is 3.65. The molecule has 0 radical (unpaired) electrons. The van der Waals surface area contributed by atoms with Crippen LogP contribution in [0.2, 0.25) is 5.02 Å². The fraction of sp³-hybridized carbons (Fsp3) is 0.417. The SMILES string of the molecule is CS(=O)(=O)N1CCC(NC(=O)c2c(F)cccc2Cl)C1. The van der Waals surface area contributed by atoms with Crippen molar-refractivity contribution in [2.45, 2.75) is 12.5 Å². The number of halogens is 2. The summed E-state index contributed by atoms with van der Waals surface area (Å²) < 4.78 is 37.6. The molecule has 0 saturated carbocycles. The summed E-state index contributed by atoms with van der Waals surface area (Å²) in [6.45, 7) is 0.533. The zero-order valence-corrected chi connectivity index (χ0v) is 12.3. The lowest BCUT2D eigenvalue weighted by Gasteiger charge is -2.15. The topological polar surface area (TPSA) is 66.5 Å². The number of rotatable bonds is 3. The maximum absolute atomic E-state index is 13.6. The highest BCUT2D eigenvalue weighted by molar-refractivity contribution is 7.88. The molecule has 1 unspecified atom stereocenters. The smallest absolute Gasteiger partial charge is 0.256 e. The molecule has 0 bridgehead atoms. The highest BCUT2D eigenvalue weighted by atomic mass is 35.5. The van der Waals surface area contributed by atoms with Crippen molar-refractivity contribution < 1.29 is 17.6 Å². The van der Waals surface area contributed by atoms with E-state index in [1.165, 1.54) is 16.4 Å². The predicted molar refractivity (Wildman–Crippen MR) is 73.7 cm³/mol. The zero-order valence-electron chi connectivity index (χ0n) is 10.8. The van der Waals surface area contributed by atoms with Crippen molar-refractivity contribution in [1.29, 1.82) is 0 Å². The van der Waals surface area contributed by atoms with E-state index in [9.17, 15) is 17.6 Å². The van der Waals surface area contributed by atoms with Crippen molar-refractivity contribution >= 4 is 27.5 Å². The molecule has 1 aromatic carbocycles. The molecule has 1 aliphatic heterocycles. The Balaban J connectivity index is 2.07. The summed E-state index contributed by atoms with van der Waals surface area (Å²) >= 11 is 5.80. The molecule has 1 N–H and O–H groups in total. The average Bonchev–Trinajstić information content (AvgIpc) is 2.76. The fourth-order valence-electron chi connectivity index (χ4n) is 2.12. The molecular formula is C12H14ClFN2O3S. The lowest BCUT2D eigenvalue weighted by Crippen LogP contribution is -2.38. The molecule has 8 heteroatoms. The van der Waals surface area contributed by atoms with E-state index >= 15 is 0 Å². The average molecular weight is 321 g/mol. The van der Waals surface area contributed by atoms with Crippen LogP contribution >= 0.6 is 11.6 Å². The molecule has 0 spiro atoms. The Morgan fingerprint density at radius 3 is 2.75 bits per heavy atom. The van der Waals surface area contributed by atoms with E-state index in [0.717, 1.165) is 12.3 Å². The second-order valence-corrected chi connectivity index (χ2v) is 7.07. The Morgan fingerprint density at radius 1 is 1.50 bits per heavy atom. The molecule has 0 aromatic heterocycles. The molecular weight excluding hydrogens is 307 g/mol. The molecule has 1 atom stereocenters. The molecule has 5 nitrogen and oxygen atoms in total. The molecule has 1 heterocycles. The van der Waals surface area contributed by atoms with Gasteiger partial charge in [-0.3, -0.25) is 4.79 Å². The summed E-state index contributed by atoms with van der Waals surface area (Å²) in [5.41, 5.74) is -0.216. The zero-order chi connectivity index (χ0) is 14.9. The van der Waals surface area contributed by atoms with Gasteiger partial charge < -0.3 is 5.32 Å². The van der Waals surface area contributed by atoms with Gasteiger partial charge in [-0.25, -0.2) is 17.1 Å². The van der Waals surface area contributed by atoms with Gasteiger partial charge in [0.05, 0.1) is 16.8 Å². The van der Waals surface area contributed by atoms with Gasteiger partial charge in [-0.1, -0.05) is 17.7 Å². The minimum atomic E-state index is -3.27. The Hall–Kier alpha value is -1.18. The van der Waals surface area contributed by atoms with Crippen LogP contribution in [-0.4, -0.2) is 44.0 Å². The van der Waals surface area contributed by atoms with Crippen LogP contribution in [0.1, 0.15) is 16.8 Å². The molecule has 0 aliphatic carbocycles. The largest absolute Gasteiger partial charge is 0.348 e. The number of carbonyl (C=O) groups is 1. The maximum Gasteiger partial charge on any atom is 0.256 e. The standard InChI is InChI=1S/C12H14ClFN2O3S/c1-20(18,19)16-6-5-8(7-16)15-12(17)11-9(13)3-2-4-10(11)14/h2-4,8H,5-7H2,1H3,(H,15,17). The number of benzene rings is 1. The third kappa shape index (κ3) is 3.28. The summed E-state index contributed by atoms with van der Waals surface area (Å²) in [7, 11) is -3.27. The predicted octanol–water partition coefficient (Wildman–Crippen LogP) is 1.24. The minimum absolute atomic E-state index is 0.0282. The van der Waals surface area contributed by atoms with E-state index in [1.54, 1.807) is 0 Å². The van der Waals surface area contributed by atoms with Crippen LogP contribution in [0.5, 0.6) is 0 Å². The van der Waals surface area contributed by atoms with Crippen molar-refractivity contribution in [3.63, 3.8) is 0 Å². The van der Waals surface area contributed by atoms with Crippen molar-refractivity contribution in [2.75, 3.05) is 19.3 Å². The van der Waals surface area contributed by atoms with Crippen LogP contribution in [0.4, 0.5) is 4.39 Å². The number of carbonyl (C=O) groups excluding carboxylic acids is 1. The maximum atomic E-state index is 13.6. The third-order valence-corrected chi connectivity index (χ3v) is 4.73. The van der Waals surface area contributed by atoms with Gasteiger partial charge in [-0.2, -0.15) is 0 Å². The normalized spacial score (nSPS) is 20.1. The molecule has 1 aromatic rings. The van der Waals surface area contributed by atoms with Crippen LogP contribution < -0.4 is 5.32 Å². The van der Waals surface area contributed by atoms with Gasteiger partial charge >= 0.3 is 0 Å². The second kappa shape index (κ2) is 5.67. The monoisotopic (exact) mass is 320 g/mol. The lowest BCUT2D eigenvalue weighted by atomic mass is 10.1. The Bertz CT molecular complexity index is 615. The number of nitrogens with zero attached hydrogens (tertiary/aromatic N) is 1. The van der Waals surface area contributed by atoms with Crippen LogP contribution in [-0.2, 0) is 10.0 Å². The molecule has 2 rings (SSSR count). The number of amides is 1. The Morgan fingerprint density at radius 2 is 2.20 bits per heavy atom. The van der Waals surface area contributed by atoms with Gasteiger partial charge in [0, 0.05) is 19.1 Å². The Labute approximate surface area is 121 Å². The highest BCUT2D eigenvalue weighted by Gasteiger charge is 2.30. The summed E-state index contributed by atoms with van der Waals surface area (Å²) in [5.74, 6) is -1.33. The van der Waals surface area contributed by atoms with E-state index < -0.39 is 21.7 Å². The highest BCUT2D eigenvalue weighted by Crippen LogP contribution is 2.20. The molecule has 1 aliphatic rings. The van der Waals surface area contributed by atoms with Gasteiger partial charge in [0.2, 0.25) is 10.0 Å². The van der Waals surface area contributed by atoms with Crippen molar-refractivity contribution in [3.8, 4) is 0 Å². The van der Waals surface area contributed by atoms with Gasteiger partial charge in [0.1, 0.15) is 5.82 Å². The molecule has 20 heavy (non-hydrogen) atoms. The number of hydrogen-bond donors (Lipinski definition) is 1. The van der Waals surface area contributed by atoms with Crippen molar-refractivity contribution in [2.24, 2.45) is 0 Å². The summed E-state index contributed by atoms with van der Waals surface area (Å²) in [6.07, 6.45) is 1.61. The fourth-order valence-corrected chi connectivity index (χ4v) is 3.26. The van der Waals surface area contributed by atoms with E-state index in [0.29, 0.717) is 13.0 Å². The van der Waals surface area contributed by atoms with Crippen molar-refractivity contribution in [3.05, 3.63) is 34.6 Å². The van der Waals surface area contributed by atoms with E-state index in [2.05, 4.69) is 5.32 Å². The van der Waals surface area contributed by atoms with Gasteiger partial charge in [-0.15, -0.1) is 0 Å². The summed E-state index contributed by atoms with van der Waals surface area (Å²) in [4.78, 5) is 12.0. The van der Waals surface area contributed by atoms with Crippen LogP contribution in [0.25, 0.3) is 0 Å². The number of sulfonamides is 1. The second-order valence-electron chi connectivity index (χ2n) is 4.68. The minimum Gasteiger partial charge on any atom is -0.348 e. The quantitative estimate of drug-likeness (QED) is 0.911. The van der Waals surface area contributed by atoms with Gasteiger partial charge in [0.15, 0.2) is 0 Å². The Kier molecular flexibility index (Phi) is 4.31. The summed E-state index contributed by atoms with van der Waals surface area (Å²) in [5, 5.41) is 2.64. The van der Waals surface area contributed by atoms with E-state index in [-0.39, 0.29) is 23.2 Å². The van der Waals surface area contributed by atoms with E-state index in [4.69, 9.17) is 11.6 Å². The number of hydrogen-bond acceptors (Lipinski definition) is 3. The first-order valence-electron chi connectivity index (χ1n) is 5.99. The van der Waals surface area contributed by atoms with Gasteiger partial charge in [-0.05, 0) is 18.6 Å². The molecule has 1 saturated heterocycles. The third-order valence-electron chi connectivity index (χ3n) is 3.15. The van der Waals surface area contributed by atoms with Crippen LogP contribution in [0, 0.1) is 5.82 Å². The van der Waals surface area contributed by atoms with Crippen molar-refractivity contribution in [1.82, 2.24) is 9.62 Å².